The molecule has 0 aliphatic carbocycles. The van der Waals surface area contributed by atoms with Gasteiger partial charge in [0.25, 0.3) is 0 Å². The van der Waals surface area contributed by atoms with Crippen LogP contribution in [0.5, 0.6) is 0 Å². The van der Waals surface area contributed by atoms with Gasteiger partial charge in [-0.2, -0.15) is 0 Å². The van der Waals surface area contributed by atoms with Crippen molar-refractivity contribution in [2.24, 2.45) is 0 Å². The zero-order valence-corrected chi connectivity index (χ0v) is 16.5. The second kappa shape index (κ2) is 7.93. The number of thiophene rings is 2. The average Bonchev–Trinajstić information content (AvgIpc) is 3.44. The molecule has 0 atom stereocenters. The van der Waals surface area contributed by atoms with E-state index in [0.29, 0.717) is 22.7 Å². The normalized spacial score (nSPS) is 11.4. The van der Waals surface area contributed by atoms with Crippen molar-refractivity contribution in [2.75, 3.05) is 0 Å². The Labute approximate surface area is 180 Å². The van der Waals surface area contributed by atoms with E-state index in [-0.39, 0.29) is 19.5 Å². The molecule has 0 amide bonds. The molecule has 2 aromatic carbocycles. The van der Waals surface area contributed by atoms with Crippen LogP contribution in [0.3, 0.4) is 0 Å². The third kappa shape index (κ3) is 3.28. The van der Waals surface area contributed by atoms with Crippen molar-refractivity contribution in [3.63, 3.8) is 0 Å². The molecule has 0 nitrogen and oxygen atoms in total. The van der Waals surface area contributed by atoms with Gasteiger partial charge in [-0.25, -0.2) is 43.9 Å². The summed E-state index contributed by atoms with van der Waals surface area (Å²) >= 11 is 1.19. The van der Waals surface area contributed by atoms with Crippen LogP contribution in [0.25, 0.3) is 30.6 Å². The van der Waals surface area contributed by atoms with E-state index in [2.05, 4.69) is 0 Å². The maximum absolute atomic E-state index is 14.0. The molecule has 2 heterocycles. The summed E-state index contributed by atoms with van der Waals surface area (Å²) < 4.78 is 136. The quantitative estimate of drug-likeness (QED) is 0.152. The fourth-order valence-corrected chi connectivity index (χ4v) is 5.02. The second-order valence-corrected chi connectivity index (χ2v) is 8.39. The summed E-state index contributed by atoms with van der Waals surface area (Å²) in [6.45, 7) is 0. The van der Waals surface area contributed by atoms with E-state index < -0.39 is 69.3 Å². The summed E-state index contributed by atoms with van der Waals surface area (Å²) in [5, 5.41) is 0. The average molecular weight is 498 g/mol. The highest BCUT2D eigenvalue weighted by Gasteiger charge is 2.29. The van der Waals surface area contributed by atoms with Gasteiger partial charge in [-0.1, -0.05) is 0 Å². The molecule has 0 radical (unpaired) electrons. The number of hydrogen-bond donors (Lipinski definition) is 0. The van der Waals surface area contributed by atoms with Crippen LogP contribution in [0.2, 0.25) is 0 Å². The van der Waals surface area contributed by atoms with Crippen LogP contribution in [-0.4, -0.2) is 0 Å². The fraction of sp³-hybridized carbons (Fsp3) is 0. The summed E-state index contributed by atoms with van der Waals surface area (Å²) in [5.74, 6) is -21.3. The zero-order chi connectivity index (χ0) is 23.5. The minimum absolute atomic E-state index is 0.184. The van der Waals surface area contributed by atoms with Crippen LogP contribution < -0.4 is 0 Å². The maximum Gasteiger partial charge on any atom is 0.200 e. The zero-order valence-electron chi connectivity index (χ0n) is 14.9. The van der Waals surface area contributed by atoms with Crippen LogP contribution in [0.4, 0.5) is 43.9 Å². The molecule has 0 spiro atoms. The van der Waals surface area contributed by atoms with E-state index in [1.807, 2.05) is 0 Å². The SMILES string of the molecule is Fc1c(F)c(F)c(-c2ccc(-c3ccc(-c4c(F)c(F)c(F)c(F)c4F)s3)s2)c(F)c1F. The minimum Gasteiger partial charge on any atom is -0.203 e. The van der Waals surface area contributed by atoms with Crippen LogP contribution in [0.15, 0.2) is 24.3 Å². The Kier molecular flexibility index (Phi) is 5.53. The third-order valence-electron chi connectivity index (χ3n) is 4.37. The van der Waals surface area contributed by atoms with Crippen LogP contribution in [0, 0.1) is 58.2 Å². The molecule has 0 N–H and O–H groups in total. The molecule has 0 unspecified atom stereocenters. The summed E-state index contributed by atoms with van der Waals surface area (Å²) in [5.41, 5.74) is -2.32. The summed E-state index contributed by atoms with van der Waals surface area (Å²) in [6, 6.07) is 4.62. The fourth-order valence-electron chi connectivity index (χ4n) is 2.85. The smallest absolute Gasteiger partial charge is 0.200 e. The van der Waals surface area contributed by atoms with Gasteiger partial charge in [-0.05, 0) is 24.3 Å². The molecule has 0 saturated carbocycles. The Morgan fingerprint density at radius 2 is 0.531 bits per heavy atom. The molecule has 0 aliphatic heterocycles. The van der Waals surface area contributed by atoms with E-state index >= 15 is 0 Å². The molecule has 32 heavy (non-hydrogen) atoms. The highest BCUT2D eigenvalue weighted by atomic mass is 32.1. The predicted molar refractivity (Wildman–Crippen MR) is 98.1 cm³/mol. The van der Waals surface area contributed by atoms with Crippen molar-refractivity contribution in [3.8, 4) is 30.6 Å². The Morgan fingerprint density at radius 1 is 0.312 bits per heavy atom. The van der Waals surface area contributed by atoms with Gasteiger partial charge in [-0.15, -0.1) is 22.7 Å². The predicted octanol–water partition coefficient (Wildman–Crippen LogP) is 8.20. The first-order valence-corrected chi connectivity index (χ1v) is 9.91. The topological polar surface area (TPSA) is 0 Å². The monoisotopic (exact) mass is 498 g/mol. The molecule has 12 heteroatoms. The number of rotatable bonds is 3. The summed E-state index contributed by atoms with van der Waals surface area (Å²) in [4.78, 5) is -0.300. The Bertz CT molecular complexity index is 1220. The number of hydrogen-bond acceptors (Lipinski definition) is 2. The van der Waals surface area contributed by atoms with Gasteiger partial charge in [-0.3, -0.25) is 0 Å². The van der Waals surface area contributed by atoms with Crippen molar-refractivity contribution in [1.29, 1.82) is 0 Å². The van der Waals surface area contributed by atoms with Gasteiger partial charge < -0.3 is 0 Å². The maximum atomic E-state index is 14.0. The van der Waals surface area contributed by atoms with E-state index in [1.165, 1.54) is 12.1 Å². The van der Waals surface area contributed by atoms with Crippen LogP contribution in [0.1, 0.15) is 0 Å². The lowest BCUT2D eigenvalue weighted by molar-refractivity contribution is 0.381. The van der Waals surface area contributed by atoms with E-state index in [4.69, 9.17) is 0 Å². The van der Waals surface area contributed by atoms with E-state index in [1.54, 1.807) is 0 Å². The molecule has 166 valence electrons. The lowest BCUT2D eigenvalue weighted by Gasteiger charge is -2.06. The van der Waals surface area contributed by atoms with Crippen LogP contribution >= 0.6 is 22.7 Å². The van der Waals surface area contributed by atoms with Gasteiger partial charge >= 0.3 is 0 Å². The van der Waals surface area contributed by atoms with Gasteiger partial charge in [0, 0.05) is 19.5 Å². The molecule has 4 aromatic rings. The van der Waals surface area contributed by atoms with Crippen molar-refractivity contribution >= 4 is 22.7 Å². The Morgan fingerprint density at radius 3 is 0.812 bits per heavy atom. The highest BCUT2D eigenvalue weighted by Crippen LogP contribution is 2.43. The van der Waals surface area contributed by atoms with Gasteiger partial charge in [0.15, 0.2) is 46.5 Å². The molecular weight excluding hydrogens is 494 g/mol. The standard InChI is InChI=1S/C20H4F10S2/c21-11-9(12(22)16(26)19(29)15(11)25)7-3-1-5(31-7)6-2-4-8(32-6)10-13(23)17(27)20(30)18(28)14(10)24/h1-4H. The molecule has 0 saturated heterocycles. The largest absolute Gasteiger partial charge is 0.203 e. The van der Waals surface area contributed by atoms with Crippen molar-refractivity contribution in [3.05, 3.63) is 82.4 Å². The van der Waals surface area contributed by atoms with Gasteiger partial charge in [0.05, 0.1) is 11.1 Å². The highest BCUT2D eigenvalue weighted by molar-refractivity contribution is 7.25. The lowest BCUT2D eigenvalue weighted by Crippen LogP contribution is -2.03. The molecule has 0 fully saturated rings. The third-order valence-corrected chi connectivity index (χ3v) is 6.77. The van der Waals surface area contributed by atoms with E-state index in [9.17, 15) is 43.9 Å². The first-order chi connectivity index (χ1) is 15.0. The van der Waals surface area contributed by atoms with Crippen molar-refractivity contribution in [1.82, 2.24) is 0 Å². The minimum atomic E-state index is -2.31. The molecular formula is C20H4F10S2. The molecule has 4 rings (SSSR count). The van der Waals surface area contributed by atoms with Crippen molar-refractivity contribution in [2.45, 2.75) is 0 Å². The molecule has 0 bridgehead atoms. The summed E-state index contributed by atoms with van der Waals surface area (Å²) in [7, 11) is 0. The van der Waals surface area contributed by atoms with Crippen LogP contribution in [-0.2, 0) is 0 Å². The lowest BCUT2D eigenvalue weighted by atomic mass is 10.1. The van der Waals surface area contributed by atoms with Crippen molar-refractivity contribution < 1.29 is 43.9 Å². The molecule has 0 aliphatic rings. The van der Waals surface area contributed by atoms with Gasteiger partial charge in [0.1, 0.15) is 0 Å². The first kappa shape index (κ1) is 22.3. The molecule has 2 aromatic heterocycles. The van der Waals surface area contributed by atoms with E-state index in [0.717, 1.165) is 12.1 Å². The number of halogens is 10. The van der Waals surface area contributed by atoms with Gasteiger partial charge in [0.2, 0.25) is 11.6 Å². The number of benzene rings is 2. The Hall–Kier alpha value is -2.86. The second-order valence-electron chi connectivity index (χ2n) is 6.22. The summed E-state index contributed by atoms with van der Waals surface area (Å²) in [6.07, 6.45) is 0. The first-order valence-electron chi connectivity index (χ1n) is 8.28. The Balaban J connectivity index is 1.79.